The standard InChI is InChI=1S/C16H18F2N2O4/c1-24-14(21)9-19-15(22)10-4-6-20(7-5-10)16(23)11-2-3-12(17)13(18)8-11/h2-3,8,10H,4-7,9H2,1H3,(H,19,22). The summed E-state index contributed by atoms with van der Waals surface area (Å²) in [5.74, 6) is -3.58. The van der Waals surface area contributed by atoms with Crippen LogP contribution < -0.4 is 5.32 Å². The molecule has 1 aliphatic rings. The first kappa shape index (κ1) is 17.8. The first-order chi connectivity index (χ1) is 11.4. The number of methoxy groups -OCH3 is 1. The molecule has 1 aromatic rings. The third kappa shape index (κ3) is 4.27. The SMILES string of the molecule is COC(=O)CNC(=O)C1CCN(C(=O)c2ccc(F)c(F)c2)CC1. The van der Waals surface area contributed by atoms with Gasteiger partial charge in [0, 0.05) is 24.6 Å². The molecule has 0 aliphatic carbocycles. The molecule has 130 valence electrons. The Morgan fingerprint density at radius 1 is 1.21 bits per heavy atom. The quantitative estimate of drug-likeness (QED) is 0.833. The summed E-state index contributed by atoms with van der Waals surface area (Å²) < 4.78 is 30.6. The second-order valence-corrected chi connectivity index (χ2v) is 5.49. The molecule has 1 saturated heterocycles. The van der Waals surface area contributed by atoms with E-state index >= 15 is 0 Å². The van der Waals surface area contributed by atoms with Gasteiger partial charge in [-0.05, 0) is 31.0 Å². The van der Waals surface area contributed by atoms with E-state index in [-0.39, 0.29) is 23.9 Å². The van der Waals surface area contributed by atoms with Gasteiger partial charge in [-0.2, -0.15) is 0 Å². The molecule has 1 aliphatic heterocycles. The molecule has 0 bridgehead atoms. The first-order valence-corrected chi connectivity index (χ1v) is 7.51. The second kappa shape index (κ2) is 7.85. The van der Waals surface area contributed by atoms with Gasteiger partial charge in [-0.1, -0.05) is 0 Å². The highest BCUT2D eigenvalue weighted by Crippen LogP contribution is 2.20. The Bertz CT molecular complexity index is 643. The van der Waals surface area contributed by atoms with E-state index in [0.717, 1.165) is 12.1 Å². The molecule has 1 aromatic carbocycles. The van der Waals surface area contributed by atoms with Crippen molar-refractivity contribution < 1.29 is 27.9 Å². The summed E-state index contributed by atoms with van der Waals surface area (Å²) >= 11 is 0. The van der Waals surface area contributed by atoms with Gasteiger partial charge in [0.1, 0.15) is 6.54 Å². The van der Waals surface area contributed by atoms with E-state index in [9.17, 15) is 23.2 Å². The number of carbonyl (C=O) groups is 3. The average molecular weight is 340 g/mol. The Hall–Kier alpha value is -2.51. The van der Waals surface area contributed by atoms with Gasteiger partial charge in [0.15, 0.2) is 11.6 Å². The molecule has 2 amide bonds. The molecule has 1 heterocycles. The largest absolute Gasteiger partial charge is 0.468 e. The van der Waals surface area contributed by atoms with Crippen LogP contribution in [0, 0.1) is 17.6 Å². The number of amides is 2. The minimum Gasteiger partial charge on any atom is -0.468 e. The van der Waals surface area contributed by atoms with Gasteiger partial charge in [0.2, 0.25) is 5.91 Å². The smallest absolute Gasteiger partial charge is 0.325 e. The van der Waals surface area contributed by atoms with E-state index in [0.29, 0.717) is 25.9 Å². The molecule has 0 saturated carbocycles. The minimum absolute atomic E-state index is 0.0718. The number of nitrogens with one attached hydrogen (secondary N) is 1. The number of piperidine rings is 1. The van der Waals surface area contributed by atoms with Gasteiger partial charge in [0.25, 0.3) is 5.91 Å². The van der Waals surface area contributed by atoms with E-state index in [2.05, 4.69) is 10.1 Å². The van der Waals surface area contributed by atoms with Crippen molar-refractivity contribution in [1.29, 1.82) is 0 Å². The number of likely N-dealkylation sites (tertiary alicyclic amines) is 1. The summed E-state index contributed by atoms with van der Waals surface area (Å²) in [6.45, 7) is 0.464. The van der Waals surface area contributed by atoms with E-state index in [4.69, 9.17) is 0 Å². The molecule has 0 spiro atoms. The fourth-order valence-corrected chi connectivity index (χ4v) is 2.53. The molecular formula is C16H18F2N2O4. The van der Waals surface area contributed by atoms with Crippen molar-refractivity contribution >= 4 is 17.8 Å². The zero-order chi connectivity index (χ0) is 17.7. The van der Waals surface area contributed by atoms with Crippen LogP contribution in [0.5, 0.6) is 0 Å². The second-order valence-electron chi connectivity index (χ2n) is 5.49. The van der Waals surface area contributed by atoms with Crippen LogP contribution in [0.3, 0.4) is 0 Å². The van der Waals surface area contributed by atoms with Crippen molar-refractivity contribution in [2.45, 2.75) is 12.8 Å². The number of rotatable bonds is 4. The number of ether oxygens (including phenoxy) is 1. The van der Waals surface area contributed by atoms with Gasteiger partial charge in [-0.15, -0.1) is 0 Å². The zero-order valence-electron chi connectivity index (χ0n) is 13.2. The topological polar surface area (TPSA) is 75.7 Å². The lowest BCUT2D eigenvalue weighted by molar-refractivity contribution is -0.141. The maximum atomic E-state index is 13.2. The minimum atomic E-state index is -1.07. The van der Waals surface area contributed by atoms with Crippen LogP contribution in [-0.4, -0.2) is 49.4 Å². The van der Waals surface area contributed by atoms with Crippen molar-refractivity contribution in [1.82, 2.24) is 10.2 Å². The monoisotopic (exact) mass is 340 g/mol. The van der Waals surface area contributed by atoms with E-state index in [1.807, 2.05) is 0 Å². The van der Waals surface area contributed by atoms with E-state index in [1.165, 1.54) is 18.1 Å². The predicted octanol–water partition coefficient (Wildman–Crippen LogP) is 1.11. The van der Waals surface area contributed by atoms with Crippen LogP contribution in [0.15, 0.2) is 18.2 Å². The first-order valence-electron chi connectivity index (χ1n) is 7.51. The molecule has 6 nitrogen and oxygen atoms in total. The number of carbonyl (C=O) groups excluding carboxylic acids is 3. The van der Waals surface area contributed by atoms with Crippen molar-refractivity contribution in [3.05, 3.63) is 35.4 Å². The third-order valence-corrected chi connectivity index (χ3v) is 3.95. The lowest BCUT2D eigenvalue weighted by Crippen LogP contribution is -2.44. The number of hydrogen-bond donors (Lipinski definition) is 1. The lowest BCUT2D eigenvalue weighted by atomic mass is 9.95. The van der Waals surface area contributed by atoms with Crippen LogP contribution in [0.2, 0.25) is 0 Å². The molecule has 0 unspecified atom stereocenters. The Kier molecular flexibility index (Phi) is 5.83. The molecule has 0 aromatic heterocycles. The number of esters is 1. The lowest BCUT2D eigenvalue weighted by Gasteiger charge is -2.31. The zero-order valence-corrected chi connectivity index (χ0v) is 13.2. The van der Waals surface area contributed by atoms with Crippen LogP contribution in [0.4, 0.5) is 8.78 Å². The Morgan fingerprint density at radius 2 is 1.88 bits per heavy atom. The Balaban J connectivity index is 1.87. The Labute approximate surface area is 137 Å². The van der Waals surface area contributed by atoms with E-state index in [1.54, 1.807) is 0 Å². The normalized spacial score (nSPS) is 15.0. The van der Waals surface area contributed by atoms with Gasteiger partial charge < -0.3 is 15.0 Å². The van der Waals surface area contributed by atoms with Crippen molar-refractivity contribution in [3.63, 3.8) is 0 Å². The van der Waals surface area contributed by atoms with Crippen molar-refractivity contribution in [2.75, 3.05) is 26.7 Å². The average Bonchev–Trinajstić information content (AvgIpc) is 2.61. The highest BCUT2D eigenvalue weighted by Gasteiger charge is 2.28. The summed E-state index contributed by atoms with van der Waals surface area (Å²) in [5.41, 5.74) is 0.0718. The fraction of sp³-hybridized carbons (Fsp3) is 0.438. The van der Waals surface area contributed by atoms with Gasteiger partial charge in [-0.3, -0.25) is 14.4 Å². The van der Waals surface area contributed by atoms with Gasteiger partial charge >= 0.3 is 5.97 Å². The third-order valence-electron chi connectivity index (χ3n) is 3.95. The molecule has 1 fully saturated rings. The molecule has 24 heavy (non-hydrogen) atoms. The van der Waals surface area contributed by atoms with Crippen LogP contribution in [-0.2, 0) is 14.3 Å². The molecule has 8 heteroatoms. The van der Waals surface area contributed by atoms with Crippen LogP contribution in [0.1, 0.15) is 23.2 Å². The van der Waals surface area contributed by atoms with Crippen LogP contribution in [0.25, 0.3) is 0 Å². The van der Waals surface area contributed by atoms with Crippen molar-refractivity contribution in [3.8, 4) is 0 Å². The maximum Gasteiger partial charge on any atom is 0.325 e. The molecular weight excluding hydrogens is 322 g/mol. The van der Waals surface area contributed by atoms with Crippen LogP contribution >= 0.6 is 0 Å². The van der Waals surface area contributed by atoms with E-state index < -0.39 is 23.5 Å². The van der Waals surface area contributed by atoms with Crippen molar-refractivity contribution in [2.24, 2.45) is 5.92 Å². The summed E-state index contributed by atoms with van der Waals surface area (Å²) in [6.07, 6.45) is 0.866. The number of hydrogen-bond acceptors (Lipinski definition) is 4. The number of benzene rings is 1. The fourth-order valence-electron chi connectivity index (χ4n) is 2.53. The summed E-state index contributed by atoms with van der Waals surface area (Å²) in [6, 6.07) is 3.01. The highest BCUT2D eigenvalue weighted by molar-refractivity contribution is 5.94. The Morgan fingerprint density at radius 3 is 2.46 bits per heavy atom. The predicted molar refractivity (Wildman–Crippen MR) is 80.0 cm³/mol. The highest BCUT2D eigenvalue weighted by atomic mass is 19.2. The van der Waals surface area contributed by atoms with Gasteiger partial charge in [-0.25, -0.2) is 8.78 Å². The maximum absolute atomic E-state index is 13.2. The number of halogens is 2. The summed E-state index contributed by atoms with van der Waals surface area (Å²) in [4.78, 5) is 36.7. The molecule has 0 atom stereocenters. The molecule has 1 N–H and O–H groups in total. The number of nitrogens with zero attached hydrogens (tertiary/aromatic N) is 1. The van der Waals surface area contributed by atoms with Gasteiger partial charge in [0.05, 0.1) is 7.11 Å². The molecule has 2 rings (SSSR count). The molecule has 0 radical (unpaired) electrons. The summed E-state index contributed by atoms with van der Waals surface area (Å²) in [5, 5.41) is 2.48. The summed E-state index contributed by atoms with van der Waals surface area (Å²) in [7, 11) is 1.23.